The van der Waals surface area contributed by atoms with Gasteiger partial charge in [0.15, 0.2) is 0 Å². The molecule has 2 heterocycles. The maximum absolute atomic E-state index is 13.3. The fourth-order valence-corrected chi connectivity index (χ4v) is 4.18. The Morgan fingerprint density at radius 3 is 2.43 bits per heavy atom. The van der Waals surface area contributed by atoms with Gasteiger partial charge in [0.2, 0.25) is 0 Å². The van der Waals surface area contributed by atoms with E-state index in [0.717, 1.165) is 42.6 Å². The zero-order valence-corrected chi connectivity index (χ0v) is 17.6. The van der Waals surface area contributed by atoms with Gasteiger partial charge in [-0.3, -0.25) is 14.5 Å². The van der Waals surface area contributed by atoms with Gasteiger partial charge in [-0.05, 0) is 58.0 Å². The maximum atomic E-state index is 13.3. The van der Waals surface area contributed by atoms with Crippen molar-refractivity contribution in [3.05, 3.63) is 40.6 Å². The molecule has 28 heavy (non-hydrogen) atoms. The van der Waals surface area contributed by atoms with Crippen LogP contribution in [-0.4, -0.2) is 80.0 Å². The van der Waals surface area contributed by atoms with E-state index in [0.29, 0.717) is 17.9 Å². The first-order valence-corrected chi connectivity index (χ1v) is 9.93. The summed E-state index contributed by atoms with van der Waals surface area (Å²) >= 11 is 0. The van der Waals surface area contributed by atoms with Gasteiger partial charge in [-0.25, -0.2) is 0 Å². The molecule has 1 saturated heterocycles. The number of ether oxygens (including phenoxy) is 1. The highest BCUT2D eigenvalue weighted by atomic mass is 16.5. The summed E-state index contributed by atoms with van der Waals surface area (Å²) < 4.78 is 5.12. The van der Waals surface area contributed by atoms with Gasteiger partial charge in [0, 0.05) is 20.2 Å². The Balaban J connectivity index is 2.03. The number of hydrogen-bond acceptors (Lipinski definition) is 5. The van der Waals surface area contributed by atoms with Crippen LogP contribution in [0.25, 0.3) is 5.57 Å². The molecule has 0 atom stereocenters. The zero-order chi connectivity index (χ0) is 20.4. The van der Waals surface area contributed by atoms with Crippen LogP contribution in [0.3, 0.4) is 0 Å². The number of nitrogens with zero attached hydrogens (tertiary/aromatic N) is 3. The van der Waals surface area contributed by atoms with Crippen LogP contribution < -0.4 is 0 Å². The van der Waals surface area contributed by atoms with E-state index >= 15 is 0 Å². The molecule has 2 amide bonds. The van der Waals surface area contributed by atoms with E-state index in [1.165, 1.54) is 4.90 Å². The molecule has 0 spiro atoms. The molecule has 2 aliphatic rings. The summed E-state index contributed by atoms with van der Waals surface area (Å²) in [6, 6.07) is 6.28. The average Bonchev–Trinajstić information content (AvgIpc) is 2.90. The van der Waals surface area contributed by atoms with Gasteiger partial charge in [-0.1, -0.05) is 23.8 Å². The number of benzene rings is 1. The van der Waals surface area contributed by atoms with Crippen molar-refractivity contribution < 1.29 is 14.3 Å². The van der Waals surface area contributed by atoms with Crippen LogP contribution in [0.4, 0.5) is 0 Å². The summed E-state index contributed by atoms with van der Waals surface area (Å²) in [4.78, 5) is 32.2. The summed E-state index contributed by atoms with van der Waals surface area (Å²) in [5, 5.41) is 0. The summed E-state index contributed by atoms with van der Waals surface area (Å²) in [6.07, 6.45) is 1.96. The van der Waals surface area contributed by atoms with Gasteiger partial charge in [-0.2, -0.15) is 0 Å². The molecule has 1 fully saturated rings. The van der Waals surface area contributed by atoms with E-state index in [4.69, 9.17) is 4.74 Å². The Labute approximate surface area is 167 Å². The molecule has 0 radical (unpaired) electrons. The van der Waals surface area contributed by atoms with Gasteiger partial charge in [0.05, 0.1) is 18.7 Å². The molecule has 0 aliphatic carbocycles. The normalized spacial score (nSPS) is 19.1. The van der Waals surface area contributed by atoms with E-state index < -0.39 is 0 Å². The third-order valence-electron chi connectivity index (χ3n) is 5.90. The minimum absolute atomic E-state index is 0.210. The van der Waals surface area contributed by atoms with Crippen LogP contribution in [0.15, 0.2) is 23.9 Å². The highest BCUT2D eigenvalue weighted by Crippen LogP contribution is 2.35. The molecule has 6 nitrogen and oxygen atoms in total. The third kappa shape index (κ3) is 3.84. The smallest absolute Gasteiger partial charge is 0.277 e. The van der Waals surface area contributed by atoms with Crippen molar-refractivity contribution in [2.75, 3.05) is 47.4 Å². The first-order chi connectivity index (χ1) is 13.3. The van der Waals surface area contributed by atoms with Crippen molar-refractivity contribution in [3.8, 4) is 0 Å². The molecule has 0 aromatic heterocycles. The third-order valence-corrected chi connectivity index (χ3v) is 5.90. The van der Waals surface area contributed by atoms with Crippen molar-refractivity contribution in [2.24, 2.45) is 0 Å². The van der Waals surface area contributed by atoms with Gasteiger partial charge in [0.25, 0.3) is 11.8 Å². The van der Waals surface area contributed by atoms with Crippen LogP contribution >= 0.6 is 0 Å². The second-order valence-corrected chi connectivity index (χ2v) is 7.94. The van der Waals surface area contributed by atoms with Crippen molar-refractivity contribution in [2.45, 2.75) is 32.7 Å². The van der Waals surface area contributed by atoms with Crippen molar-refractivity contribution in [3.63, 3.8) is 0 Å². The largest absolute Gasteiger partial charge is 0.383 e. The Hall–Kier alpha value is -2.18. The molecule has 0 bridgehead atoms. The highest BCUT2D eigenvalue weighted by molar-refractivity contribution is 6.35. The van der Waals surface area contributed by atoms with Crippen LogP contribution in [0.1, 0.15) is 29.5 Å². The predicted molar refractivity (Wildman–Crippen MR) is 110 cm³/mol. The Morgan fingerprint density at radius 1 is 1.14 bits per heavy atom. The number of methoxy groups -OCH3 is 1. The second kappa shape index (κ2) is 8.45. The number of hydrogen-bond donors (Lipinski definition) is 0. The van der Waals surface area contributed by atoms with Gasteiger partial charge >= 0.3 is 0 Å². The molecule has 0 unspecified atom stereocenters. The van der Waals surface area contributed by atoms with Crippen molar-refractivity contribution in [1.82, 2.24) is 14.7 Å². The number of likely N-dealkylation sites (tertiary alicyclic amines) is 1. The summed E-state index contributed by atoms with van der Waals surface area (Å²) in [5.74, 6) is -0.428. The highest BCUT2D eigenvalue weighted by Gasteiger charge is 2.42. The Kier molecular flexibility index (Phi) is 6.20. The number of imide groups is 1. The van der Waals surface area contributed by atoms with Crippen LogP contribution in [0, 0.1) is 13.8 Å². The monoisotopic (exact) mass is 385 g/mol. The van der Waals surface area contributed by atoms with Crippen molar-refractivity contribution >= 4 is 17.4 Å². The van der Waals surface area contributed by atoms with Gasteiger partial charge < -0.3 is 14.5 Å². The topological polar surface area (TPSA) is 53.1 Å². The lowest BCUT2D eigenvalue weighted by Gasteiger charge is -2.36. The quantitative estimate of drug-likeness (QED) is 0.702. The van der Waals surface area contributed by atoms with E-state index in [1.807, 2.05) is 33.0 Å². The molecular formula is C22H31N3O3. The zero-order valence-electron chi connectivity index (χ0n) is 17.6. The molecular weight excluding hydrogens is 354 g/mol. The van der Waals surface area contributed by atoms with E-state index in [9.17, 15) is 9.59 Å². The van der Waals surface area contributed by atoms with Crippen LogP contribution in [-0.2, 0) is 14.3 Å². The fourth-order valence-electron chi connectivity index (χ4n) is 4.18. The number of piperidine rings is 1. The molecule has 0 N–H and O–H groups in total. The standard InChI is InChI=1S/C22H31N3O3/c1-15-6-7-18(16(2)14-15)19-20(22(27)25(21(19)26)12-13-28-5)24(4)17-8-10-23(3)11-9-17/h6-7,14,17H,8-13H2,1-5H3. The fraction of sp³-hybridized carbons (Fsp3) is 0.545. The molecule has 152 valence electrons. The van der Waals surface area contributed by atoms with Crippen LogP contribution in [0.2, 0.25) is 0 Å². The lowest BCUT2D eigenvalue weighted by molar-refractivity contribution is -0.138. The Morgan fingerprint density at radius 2 is 1.82 bits per heavy atom. The molecule has 1 aromatic rings. The number of rotatable bonds is 6. The molecule has 1 aromatic carbocycles. The first kappa shape index (κ1) is 20.6. The average molecular weight is 386 g/mol. The van der Waals surface area contributed by atoms with E-state index in [1.54, 1.807) is 7.11 Å². The molecule has 3 rings (SSSR count). The first-order valence-electron chi connectivity index (χ1n) is 9.93. The molecule has 6 heteroatoms. The van der Waals surface area contributed by atoms with Crippen molar-refractivity contribution in [1.29, 1.82) is 0 Å². The number of aryl methyl sites for hydroxylation is 2. The lowest BCUT2D eigenvalue weighted by atomic mass is 9.96. The van der Waals surface area contributed by atoms with Gasteiger partial charge in [-0.15, -0.1) is 0 Å². The SMILES string of the molecule is COCCN1C(=O)C(c2ccc(C)cc2C)=C(N(C)C2CCN(C)CC2)C1=O. The predicted octanol–water partition coefficient (Wildman–Crippen LogP) is 2.06. The number of likely N-dealkylation sites (N-methyl/N-ethyl adjacent to an activating group) is 1. The number of carbonyl (C=O) groups excluding carboxylic acids is 2. The maximum Gasteiger partial charge on any atom is 0.277 e. The van der Waals surface area contributed by atoms with Crippen LogP contribution in [0.5, 0.6) is 0 Å². The van der Waals surface area contributed by atoms with Gasteiger partial charge in [0.1, 0.15) is 5.70 Å². The molecule has 2 aliphatic heterocycles. The van der Waals surface area contributed by atoms with E-state index in [-0.39, 0.29) is 24.4 Å². The minimum atomic E-state index is -0.219. The number of carbonyl (C=O) groups is 2. The minimum Gasteiger partial charge on any atom is -0.383 e. The summed E-state index contributed by atoms with van der Waals surface area (Å²) in [7, 11) is 5.65. The Bertz CT molecular complexity index is 794. The van der Waals surface area contributed by atoms with E-state index in [2.05, 4.69) is 22.9 Å². The lowest BCUT2D eigenvalue weighted by Crippen LogP contribution is -2.44. The summed E-state index contributed by atoms with van der Waals surface area (Å²) in [6.45, 7) is 6.63. The number of amides is 2. The second-order valence-electron chi connectivity index (χ2n) is 7.94. The molecule has 0 saturated carbocycles. The summed E-state index contributed by atoms with van der Waals surface area (Å²) in [5.41, 5.74) is 4.06.